The fourth-order valence-corrected chi connectivity index (χ4v) is 2.65. The summed E-state index contributed by atoms with van der Waals surface area (Å²) in [6.07, 6.45) is 0. The molecule has 1 saturated heterocycles. The Morgan fingerprint density at radius 2 is 1.87 bits per heavy atom. The Labute approximate surface area is 138 Å². The monoisotopic (exact) mass is 323 g/mol. The highest BCUT2D eigenvalue weighted by atomic mass is 16.3. The van der Waals surface area contributed by atoms with Crippen molar-refractivity contribution >= 4 is 11.7 Å². The number of carbonyl (C=O) groups excluding carboxylic acids is 1. The molecule has 2 heterocycles. The van der Waals surface area contributed by atoms with Crippen molar-refractivity contribution in [2.75, 3.05) is 51.2 Å². The van der Waals surface area contributed by atoms with Crippen LogP contribution in [0.5, 0.6) is 0 Å². The first-order valence-electron chi connectivity index (χ1n) is 8.19. The van der Waals surface area contributed by atoms with E-state index in [0.29, 0.717) is 13.1 Å². The first kappa shape index (κ1) is 17.9. The molecule has 0 atom stereocenters. The average Bonchev–Trinajstić information content (AvgIpc) is 2.83. The SMILES string of the molecule is Cn1nc(C(C)(C)C)cc1NC(=O)CN1CCN(CCO)CC1. The van der Waals surface area contributed by atoms with Gasteiger partial charge in [-0.25, -0.2) is 0 Å². The molecule has 0 spiro atoms. The maximum atomic E-state index is 12.3. The van der Waals surface area contributed by atoms with Crippen molar-refractivity contribution < 1.29 is 9.90 Å². The van der Waals surface area contributed by atoms with Crippen LogP contribution in [-0.4, -0.2) is 76.5 Å². The van der Waals surface area contributed by atoms with Gasteiger partial charge in [-0.15, -0.1) is 0 Å². The minimum atomic E-state index is -0.0379. The maximum absolute atomic E-state index is 12.3. The summed E-state index contributed by atoms with van der Waals surface area (Å²) >= 11 is 0. The number of aryl methyl sites for hydroxylation is 1. The molecule has 23 heavy (non-hydrogen) atoms. The Morgan fingerprint density at radius 1 is 1.26 bits per heavy atom. The number of nitrogens with zero attached hydrogens (tertiary/aromatic N) is 4. The predicted molar refractivity (Wildman–Crippen MR) is 90.5 cm³/mol. The lowest BCUT2D eigenvalue weighted by molar-refractivity contribution is -0.117. The molecule has 130 valence electrons. The van der Waals surface area contributed by atoms with Gasteiger partial charge in [0.15, 0.2) is 0 Å². The lowest BCUT2D eigenvalue weighted by Crippen LogP contribution is -2.49. The van der Waals surface area contributed by atoms with Crippen molar-refractivity contribution in [2.45, 2.75) is 26.2 Å². The van der Waals surface area contributed by atoms with Crippen LogP contribution in [0.2, 0.25) is 0 Å². The van der Waals surface area contributed by atoms with E-state index in [-0.39, 0.29) is 17.9 Å². The number of carbonyl (C=O) groups is 1. The smallest absolute Gasteiger partial charge is 0.239 e. The van der Waals surface area contributed by atoms with Crippen molar-refractivity contribution in [3.05, 3.63) is 11.8 Å². The minimum Gasteiger partial charge on any atom is -0.395 e. The molecule has 1 aromatic rings. The third kappa shape index (κ3) is 5.02. The first-order valence-corrected chi connectivity index (χ1v) is 8.19. The zero-order valence-electron chi connectivity index (χ0n) is 14.7. The lowest BCUT2D eigenvalue weighted by atomic mass is 9.92. The summed E-state index contributed by atoms with van der Waals surface area (Å²) < 4.78 is 1.72. The number of anilines is 1. The second kappa shape index (κ2) is 7.42. The minimum absolute atomic E-state index is 0.0101. The van der Waals surface area contributed by atoms with Crippen LogP contribution < -0.4 is 5.32 Å². The van der Waals surface area contributed by atoms with Gasteiger partial charge < -0.3 is 10.4 Å². The van der Waals surface area contributed by atoms with Crippen molar-refractivity contribution in [3.63, 3.8) is 0 Å². The summed E-state index contributed by atoms with van der Waals surface area (Å²) in [5.41, 5.74) is 0.928. The topological polar surface area (TPSA) is 73.6 Å². The standard InChI is InChI=1S/C16H29N5O2/c1-16(2,3)13-11-14(19(4)18-13)17-15(23)12-21-7-5-20(6-8-21)9-10-22/h11,22H,5-10,12H2,1-4H3,(H,17,23). The van der Waals surface area contributed by atoms with Crippen LogP contribution in [0.25, 0.3) is 0 Å². The molecule has 1 aliphatic rings. The number of rotatable bonds is 5. The second-order valence-corrected chi connectivity index (χ2v) is 7.18. The van der Waals surface area contributed by atoms with Gasteiger partial charge in [0.2, 0.25) is 5.91 Å². The van der Waals surface area contributed by atoms with Crippen LogP contribution >= 0.6 is 0 Å². The summed E-state index contributed by atoms with van der Waals surface area (Å²) in [6, 6.07) is 1.94. The number of aliphatic hydroxyl groups is 1. The molecule has 2 N–H and O–H groups in total. The largest absolute Gasteiger partial charge is 0.395 e. The first-order chi connectivity index (χ1) is 10.8. The third-order valence-electron chi connectivity index (χ3n) is 4.16. The fourth-order valence-electron chi connectivity index (χ4n) is 2.65. The Kier molecular flexibility index (Phi) is 5.78. The summed E-state index contributed by atoms with van der Waals surface area (Å²) in [5, 5.41) is 16.4. The highest BCUT2D eigenvalue weighted by Crippen LogP contribution is 2.23. The van der Waals surface area contributed by atoms with Crippen LogP contribution in [0.4, 0.5) is 5.82 Å². The van der Waals surface area contributed by atoms with E-state index in [9.17, 15) is 4.79 Å². The van der Waals surface area contributed by atoms with Crippen molar-refractivity contribution in [1.82, 2.24) is 19.6 Å². The Bertz CT molecular complexity index is 527. The van der Waals surface area contributed by atoms with Gasteiger partial charge >= 0.3 is 0 Å². The van der Waals surface area contributed by atoms with Crippen molar-refractivity contribution in [1.29, 1.82) is 0 Å². The number of β-amino-alcohol motifs (C(OH)–C–C–N with tert-alkyl or cyclic N) is 1. The van der Waals surface area contributed by atoms with Gasteiger partial charge in [0, 0.05) is 51.3 Å². The fraction of sp³-hybridized carbons (Fsp3) is 0.750. The molecule has 0 radical (unpaired) electrons. The second-order valence-electron chi connectivity index (χ2n) is 7.18. The van der Waals surface area contributed by atoms with E-state index < -0.39 is 0 Å². The predicted octanol–water partition coefficient (Wildman–Crippen LogP) is 0.266. The van der Waals surface area contributed by atoms with Crippen LogP contribution in [0, 0.1) is 0 Å². The number of aromatic nitrogens is 2. The maximum Gasteiger partial charge on any atom is 0.239 e. The number of hydrogen-bond donors (Lipinski definition) is 2. The third-order valence-corrected chi connectivity index (χ3v) is 4.16. The molecule has 0 saturated carbocycles. The van der Waals surface area contributed by atoms with Crippen LogP contribution in [0.15, 0.2) is 6.07 Å². The van der Waals surface area contributed by atoms with E-state index in [1.165, 1.54) is 0 Å². The highest BCUT2D eigenvalue weighted by molar-refractivity contribution is 5.91. The molecule has 1 amide bonds. The van der Waals surface area contributed by atoms with Gasteiger partial charge in [-0.1, -0.05) is 20.8 Å². The summed E-state index contributed by atoms with van der Waals surface area (Å²) in [7, 11) is 1.85. The Balaban J connectivity index is 1.85. The van der Waals surface area contributed by atoms with Crippen molar-refractivity contribution in [2.24, 2.45) is 7.05 Å². The molecule has 0 aliphatic carbocycles. The van der Waals surface area contributed by atoms with E-state index in [1.54, 1.807) is 4.68 Å². The Hall–Kier alpha value is -1.44. The average molecular weight is 323 g/mol. The zero-order chi connectivity index (χ0) is 17.0. The molecule has 0 aromatic carbocycles. The van der Waals surface area contributed by atoms with E-state index in [4.69, 9.17) is 5.11 Å². The highest BCUT2D eigenvalue weighted by Gasteiger charge is 2.21. The van der Waals surface area contributed by atoms with Gasteiger partial charge in [0.1, 0.15) is 5.82 Å². The number of piperazine rings is 1. The zero-order valence-corrected chi connectivity index (χ0v) is 14.7. The van der Waals surface area contributed by atoms with Crippen LogP contribution in [0.3, 0.4) is 0 Å². The molecule has 7 nitrogen and oxygen atoms in total. The van der Waals surface area contributed by atoms with Crippen molar-refractivity contribution in [3.8, 4) is 0 Å². The lowest BCUT2D eigenvalue weighted by Gasteiger charge is -2.33. The summed E-state index contributed by atoms with van der Waals surface area (Å²) in [5.74, 6) is 0.725. The summed E-state index contributed by atoms with van der Waals surface area (Å²) in [4.78, 5) is 16.6. The number of amides is 1. The van der Waals surface area contributed by atoms with Gasteiger partial charge in [0.05, 0.1) is 18.8 Å². The molecule has 1 aromatic heterocycles. The normalized spacial score (nSPS) is 17.4. The number of hydrogen-bond acceptors (Lipinski definition) is 5. The molecular formula is C16H29N5O2. The number of nitrogens with one attached hydrogen (secondary N) is 1. The van der Waals surface area contributed by atoms with E-state index in [0.717, 1.165) is 37.7 Å². The Morgan fingerprint density at radius 3 is 2.39 bits per heavy atom. The molecular weight excluding hydrogens is 294 g/mol. The van der Waals surface area contributed by atoms with Gasteiger partial charge in [-0.2, -0.15) is 5.10 Å². The van der Waals surface area contributed by atoms with Crippen LogP contribution in [-0.2, 0) is 17.3 Å². The quantitative estimate of drug-likeness (QED) is 0.813. The number of aliphatic hydroxyl groups excluding tert-OH is 1. The molecule has 1 aliphatic heterocycles. The van der Waals surface area contributed by atoms with E-state index >= 15 is 0 Å². The van der Waals surface area contributed by atoms with Crippen LogP contribution in [0.1, 0.15) is 26.5 Å². The molecule has 1 fully saturated rings. The molecule has 0 bridgehead atoms. The molecule has 0 unspecified atom stereocenters. The van der Waals surface area contributed by atoms with E-state index in [2.05, 4.69) is 41.0 Å². The van der Waals surface area contributed by atoms with Gasteiger partial charge in [-0.05, 0) is 0 Å². The van der Waals surface area contributed by atoms with Gasteiger partial charge in [0.25, 0.3) is 0 Å². The van der Waals surface area contributed by atoms with Gasteiger partial charge in [-0.3, -0.25) is 19.3 Å². The van der Waals surface area contributed by atoms with E-state index in [1.807, 2.05) is 13.1 Å². The molecule has 7 heteroatoms. The molecule has 2 rings (SSSR count). The summed E-state index contributed by atoms with van der Waals surface area (Å²) in [6.45, 7) is 11.1.